The highest BCUT2D eigenvalue weighted by Gasteiger charge is 2.01. The molecule has 1 saturated heterocycles. The number of hydrogen-bond acceptors (Lipinski definition) is 2. The lowest BCUT2D eigenvalue weighted by Gasteiger charge is -2.21. The number of piperazine rings is 1. The van der Waals surface area contributed by atoms with E-state index in [1.807, 2.05) is 0 Å². The Balaban J connectivity index is 0.00000225. The van der Waals surface area contributed by atoms with Crippen LogP contribution in [0.15, 0.2) is 0 Å². The van der Waals surface area contributed by atoms with Crippen LogP contribution >= 0.6 is 12.4 Å². The monoisotopic (exact) mass is 144 g/mol. The molecular weight excluding hydrogens is 124 g/mol. The Kier molecular flexibility index (Phi) is 0.951. The average Bonchev–Trinajstić information content (AvgIpc) is 2.12. The van der Waals surface area contributed by atoms with Gasteiger partial charge in [-0.3, -0.25) is 0 Å². The molecule has 1 N–H and O–H groups in total. The van der Waals surface area contributed by atoms with Crippen LogP contribution in [0.5, 0.6) is 0 Å². The van der Waals surface area contributed by atoms with Crippen molar-refractivity contribution in [2.75, 3.05) is 33.1 Å². The van der Waals surface area contributed by atoms with E-state index >= 15 is 0 Å². The molecule has 50 valence electrons. The van der Waals surface area contributed by atoms with Gasteiger partial charge in [0.1, 0.15) is 1.41 Å². The number of nitrogens with one attached hydrogen (secondary N) is 1. The number of hydrogen-bond donors (Lipinski definition) is 1. The Morgan fingerprint density at radius 2 is 2.50 bits per heavy atom. The molecule has 0 radical (unpaired) electrons. The summed E-state index contributed by atoms with van der Waals surface area (Å²) in [6.45, 7) is -9.63. The van der Waals surface area contributed by atoms with Crippen molar-refractivity contribution in [3.63, 3.8) is 0 Å². The highest BCUT2D eigenvalue weighted by Crippen LogP contribution is 1.82. The molecule has 0 aromatic carbocycles. The molecule has 0 aromatic heterocycles. The summed E-state index contributed by atoms with van der Waals surface area (Å²) in [5.74, 6) is 0. The van der Waals surface area contributed by atoms with Gasteiger partial charge >= 0.3 is 0 Å². The molecule has 0 spiro atoms. The van der Waals surface area contributed by atoms with Crippen LogP contribution in [0.3, 0.4) is 0 Å². The smallest absolute Gasteiger partial charge is 0.122 e. The van der Waals surface area contributed by atoms with E-state index in [1.165, 1.54) is 0 Å². The minimum atomic E-state index is -2.82. The van der Waals surface area contributed by atoms with E-state index in [0.29, 0.717) is 4.90 Å². The summed E-state index contributed by atoms with van der Waals surface area (Å²) in [5.41, 5.74) is 0. The van der Waals surface area contributed by atoms with Crippen LogP contribution in [-0.4, -0.2) is 38.0 Å². The number of rotatable bonds is 0. The first-order valence-corrected chi connectivity index (χ1v) is 1.91. The van der Waals surface area contributed by atoms with Crippen molar-refractivity contribution in [1.82, 2.24) is 10.2 Å². The van der Waals surface area contributed by atoms with Crippen LogP contribution in [0, 0.1) is 0 Å². The van der Waals surface area contributed by atoms with E-state index in [-0.39, 0.29) is 17.7 Å². The van der Waals surface area contributed by atoms with Gasteiger partial charge in [0.2, 0.25) is 0 Å². The van der Waals surface area contributed by atoms with Crippen molar-refractivity contribution < 1.29 is 11.0 Å². The first kappa shape index (κ1) is 1.84. The van der Waals surface area contributed by atoms with Crippen LogP contribution in [0.4, 0.5) is 0 Å². The lowest BCUT2D eigenvalue weighted by atomic mass is 10.4. The summed E-state index contributed by atoms with van der Waals surface area (Å²) in [6, 6.07) is 0. The van der Waals surface area contributed by atoms with Crippen molar-refractivity contribution in [3.8, 4) is 0 Å². The van der Waals surface area contributed by atoms with E-state index < -0.39 is 26.0 Å². The lowest BCUT2D eigenvalue weighted by molar-refractivity contribution is 0.291. The molecule has 1 unspecified atom stereocenters. The molecule has 1 rings (SSSR count). The molecule has 1 heterocycles. The molecule has 8 heavy (non-hydrogen) atoms. The largest absolute Gasteiger partial charge is 0.314 e. The van der Waals surface area contributed by atoms with Gasteiger partial charge in [-0.05, 0) is 7.05 Å². The van der Waals surface area contributed by atoms with Crippen LogP contribution < -0.4 is 5.31 Å². The van der Waals surface area contributed by atoms with E-state index in [9.17, 15) is 0 Å². The van der Waals surface area contributed by atoms with Crippen molar-refractivity contribution in [3.05, 3.63) is 0 Å². The van der Waals surface area contributed by atoms with Gasteiger partial charge in [-0.1, -0.05) is 0 Å². The van der Waals surface area contributed by atoms with Gasteiger partial charge in [-0.25, -0.2) is 0 Å². The van der Waals surface area contributed by atoms with Gasteiger partial charge in [0.05, 0.1) is 0 Å². The molecule has 1 atom stereocenters. The summed E-state index contributed by atoms with van der Waals surface area (Å²) in [6.07, 6.45) is 0. The van der Waals surface area contributed by atoms with Gasteiger partial charge in [0.25, 0.3) is 0 Å². The second-order valence-corrected chi connectivity index (χ2v) is 1.20. The van der Waals surface area contributed by atoms with Crippen molar-refractivity contribution in [1.29, 1.82) is 0 Å². The predicted molar refractivity (Wildman–Crippen MR) is 37.6 cm³/mol. The summed E-state index contributed by atoms with van der Waals surface area (Å²) >= 11 is 0. The fourth-order valence-electron chi connectivity index (χ4n) is 0.284. The predicted octanol–water partition coefficient (Wildman–Crippen LogP) is -0.0568. The third-order valence-electron chi connectivity index (χ3n) is 0.598. The summed E-state index contributed by atoms with van der Waals surface area (Å²) in [4.78, 5) is 0.651. The molecule has 0 saturated carbocycles. The first-order chi connectivity index (χ1) is 6.47. The highest BCUT2D eigenvalue weighted by atomic mass is 35.5. The average molecular weight is 145 g/mol. The summed E-state index contributed by atoms with van der Waals surface area (Å²) < 4.78 is 59.1. The maximum absolute atomic E-state index is 7.44. The minimum absolute atomic E-state index is 0. The lowest BCUT2D eigenvalue weighted by Crippen LogP contribution is -2.40. The fraction of sp³-hybridized carbons (Fsp3) is 1.00. The summed E-state index contributed by atoms with van der Waals surface area (Å²) in [5, 5.41) is -0.113. The Hall–Kier alpha value is 0.210. The first-order valence-electron chi connectivity index (χ1n) is 5.94. The molecule has 1 aliphatic heterocycles. The van der Waals surface area contributed by atoms with Gasteiger partial charge in [0, 0.05) is 35.6 Å². The Labute approximate surface area is 68.0 Å². The number of nitrogens with zero attached hydrogens (tertiary/aromatic N) is 1. The normalized spacial score (nSPS) is 67.4. The molecule has 0 amide bonds. The number of likely N-dealkylation sites (N-methyl/N-ethyl adjacent to an activating group) is 1. The van der Waals surface area contributed by atoms with E-state index in [1.54, 1.807) is 0 Å². The quantitative estimate of drug-likeness (QED) is 0.513. The van der Waals surface area contributed by atoms with Crippen LogP contribution in [-0.2, 0) is 0 Å². The van der Waals surface area contributed by atoms with Gasteiger partial charge < -0.3 is 10.2 Å². The zero-order valence-corrected chi connectivity index (χ0v) is 5.20. The zero-order valence-electron chi connectivity index (χ0n) is 12.4. The van der Waals surface area contributed by atoms with Crippen LogP contribution in [0.25, 0.3) is 0 Å². The second-order valence-electron chi connectivity index (χ2n) is 1.20. The topological polar surface area (TPSA) is 15.3 Å². The standard InChI is InChI=1S/C5H12N2.ClH/c1-7-4-2-6-3-5-7;/h6H,2-5H2,1H3;1H/i2D2,3D2,4D,5D2;/hD. The van der Waals surface area contributed by atoms with E-state index in [4.69, 9.17) is 11.0 Å². The molecular formula is C5H13ClN2. The van der Waals surface area contributed by atoms with Crippen molar-refractivity contribution >= 4 is 12.4 Å². The third kappa shape index (κ3) is 2.50. The van der Waals surface area contributed by atoms with Gasteiger partial charge in [0.15, 0.2) is 0 Å². The molecule has 0 aliphatic carbocycles. The molecule has 0 aromatic rings. The molecule has 2 nitrogen and oxygen atoms in total. The molecule has 1 fully saturated rings. The van der Waals surface area contributed by atoms with E-state index in [0.717, 1.165) is 7.05 Å². The molecule has 0 bridgehead atoms. The van der Waals surface area contributed by atoms with Gasteiger partial charge in [-0.15, -0.1) is 12.4 Å². The fourth-order valence-corrected chi connectivity index (χ4v) is 0.284. The molecule has 3 heteroatoms. The molecule has 1 aliphatic rings. The Morgan fingerprint density at radius 3 is 3.25 bits per heavy atom. The maximum atomic E-state index is 7.44. The Morgan fingerprint density at radius 1 is 1.75 bits per heavy atom. The highest BCUT2D eigenvalue weighted by molar-refractivity contribution is 5.85. The summed E-state index contributed by atoms with van der Waals surface area (Å²) in [7, 11) is 1.13. The third-order valence-corrected chi connectivity index (χ3v) is 0.598. The zero-order chi connectivity index (χ0) is 12.2. The van der Waals surface area contributed by atoms with E-state index in [2.05, 4.69) is 0 Å². The maximum Gasteiger partial charge on any atom is 0.122 e. The van der Waals surface area contributed by atoms with Crippen molar-refractivity contribution in [2.24, 2.45) is 0 Å². The number of halogens is 1. The SMILES string of the molecule is Cl.[2H]C1N(C)C([2H])([2H])C([2H])([2H])N([2H])C1([2H])[2H]. The Bertz CT molecular complexity index is 271. The van der Waals surface area contributed by atoms with Crippen molar-refractivity contribution in [2.45, 2.75) is 0 Å². The van der Waals surface area contributed by atoms with Crippen LogP contribution in [0.2, 0.25) is 1.41 Å². The minimum Gasteiger partial charge on any atom is -0.314 e. The van der Waals surface area contributed by atoms with Crippen LogP contribution in [0.1, 0.15) is 9.60 Å². The second kappa shape index (κ2) is 4.13. The van der Waals surface area contributed by atoms with Gasteiger partial charge in [-0.2, -0.15) is 0 Å².